The van der Waals surface area contributed by atoms with Gasteiger partial charge >= 0.3 is 0 Å². The van der Waals surface area contributed by atoms with Crippen molar-refractivity contribution < 1.29 is 4.79 Å². The summed E-state index contributed by atoms with van der Waals surface area (Å²) in [6.45, 7) is 0. The van der Waals surface area contributed by atoms with E-state index in [4.69, 9.17) is 0 Å². The van der Waals surface area contributed by atoms with Crippen molar-refractivity contribution in [2.45, 2.75) is 0 Å². The van der Waals surface area contributed by atoms with Crippen molar-refractivity contribution in [2.24, 2.45) is 0 Å². The molecule has 0 atom stereocenters. The molecule has 6 heteroatoms. The van der Waals surface area contributed by atoms with E-state index in [2.05, 4.69) is 20.5 Å². The van der Waals surface area contributed by atoms with Gasteiger partial charge in [0, 0.05) is 11.9 Å². The summed E-state index contributed by atoms with van der Waals surface area (Å²) in [6.07, 6.45) is 1.54. The molecular formula is C11H8N4OS. The lowest BCUT2D eigenvalue weighted by molar-refractivity contribution is 0.102. The summed E-state index contributed by atoms with van der Waals surface area (Å²) in [7, 11) is 0. The highest BCUT2D eigenvalue weighted by atomic mass is 32.1. The predicted molar refractivity (Wildman–Crippen MR) is 66.2 cm³/mol. The summed E-state index contributed by atoms with van der Waals surface area (Å²) >= 11 is 1.54. The van der Waals surface area contributed by atoms with Crippen LogP contribution in [0.25, 0.3) is 10.2 Å². The van der Waals surface area contributed by atoms with Crippen molar-refractivity contribution in [1.29, 1.82) is 0 Å². The number of H-pyrrole nitrogens is 1. The van der Waals surface area contributed by atoms with Crippen molar-refractivity contribution in [3.05, 3.63) is 41.7 Å². The van der Waals surface area contributed by atoms with Crippen molar-refractivity contribution in [3.63, 3.8) is 0 Å². The highest BCUT2D eigenvalue weighted by molar-refractivity contribution is 7.16. The van der Waals surface area contributed by atoms with E-state index >= 15 is 0 Å². The van der Waals surface area contributed by atoms with Crippen LogP contribution >= 0.6 is 11.3 Å². The first-order valence-electron chi connectivity index (χ1n) is 4.97. The second-order valence-corrected chi connectivity index (χ2v) is 4.35. The lowest BCUT2D eigenvalue weighted by atomic mass is 10.3. The molecule has 3 aromatic rings. The number of carbonyl (C=O) groups is 1. The van der Waals surface area contributed by atoms with E-state index in [0.717, 1.165) is 15.9 Å². The fourth-order valence-corrected chi connectivity index (χ4v) is 2.23. The van der Waals surface area contributed by atoms with Crippen LogP contribution < -0.4 is 5.32 Å². The lowest BCUT2D eigenvalue weighted by Crippen LogP contribution is -2.12. The standard InChI is InChI=1S/C11H8N4OS/c16-11(9-3-4-13-15-9)14-7-1-2-8-10(5-7)17-6-12-8/h1-6H,(H,13,15)(H,14,16). The molecule has 17 heavy (non-hydrogen) atoms. The molecule has 2 N–H and O–H groups in total. The second kappa shape index (κ2) is 3.99. The minimum Gasteiger partial charge on any atom is -0.321 e. The van der Waals surface area contributed by atoms with E-state index in [1.54, 1.807) is 29.1 Å². The number of nitrogens with one attached hydrogen (secondary N) is 2. The van der Waals surface area contributed by atoms with Gasteiger partial charge in [-0.1, -0.05) is 0 Å². The van der Waals surface area contributed by atoms with E-state index in [0.29, 0.717) is 5.69 Å². The Morgan fingerprint density at radius 1 is 1.35 bits per heavy atom. The SMILES string of the molecule is O=C(Nc1ccc2ncsc2c1)c1ccn[nH]1. The Balaban J connectivity index is 1.87. The summed E-state index contributed by atoms with van der Waals surface area (Å²) in [6, 6.07) is 7.24. The van der Waals surface area contributed by atoms with Gasteiger partial charge in [0.15, 0.2) is 0 Å². The number of anilines is 1. The van der Waals surface area contributed by atoms with Crippen LogP contribution in [0.1, 0.15) is 10.5 Å². The van der Waals surface area contributed by atoms with Crippen LogP contribution in [-0.4, -0.2) is 21.1 Å². The maximum Gasteiger partial charge on any atom is 0.273 e. The maximum absolute atomic E-state index is 11.8. The van der Waals surface area contributed by atoms with E-state index < -0.39 is 0 Å². The number of rotatable bonds is 2. The number of fused-ring (bicyclic) bond motifs is 1. The minimum atomic E-state index is -0.202. The summed E-state index contributed by atoms with van der Waals surface area (Å²) in [5, 5.41) is 9.15. The van der Waals surface area contributed by atoms with Gasteiger partial charge in [0.1, 0.15) is 5.69 Å². The first kappa shape index (κ1) is 9.98. The van der Waals surface area contributed by atoms with Gasteiger partial charge in [-0.3, -0.25) is 9.89 Å². The molecule has 84 valence electrons. The van der Waals surface area contributed by atoms with Gasteiger partial charge in [-0.2, -0.15) is 5.10 Å². The van der Waals surface area contributed by atoms with Crippen LogP contribution in [0.15, 0.2) is 36.0 Å². The third kappa shape index (κ3) is 1.90. The predicted octanol–water partition coefficient (Wildman–Crippen LogP) is 2.27. The Kier molecular flexibility index (Phi) is 2.34. The summed E-state index contributed by atoms with van der Waals surface area (Å²) in [4.78, 5) is 15.9. The van der Waals surface area contributed by atoms with Crippen LogP contribution in [0, 0.1) is 0 Å². The molecule has 1 aromatic carbocycles. The van der Waals surface area contributed by atoms with Crippen molar-refractivity contribution in [3.8, 4) is 0 Å². The number of hydrogen-bond acceptors (Lipinski definition) is 4. The molecule has 2 aromatic heterocycles. The third-order valence-electron chi connectivity index (χ3n) is 2.33. The number of thiazole rings is 1. The minimum absolute atomic E-state index is 0.202. The lowest BCUT2D eigenvalue weighted by Gasteiger charge is -2.02. The molecule has 3 rings (SSSR count). The first-order chi connectivity index (χ1) is 8.33. The molecule has 0 fully saturated rings. The number of carbonyl (C=O) groups excluding carboxylic acids is 1. The molecular weight excluding hydrogens is 236 g/mol. The Morgan fingerprint density at radius 2 is 2.29 bits per heavy atom. The molecule has 0 aliphatic carbocycles. The van der Waals surface area contributed by atoms with Gasteiger partial charge in [0.05, 0.1) is 15.7 Å². The van der Waals surface area contributed by atoms with Crippen molar-refractivity contribution in [1.82, 2.24) is 15.2 Å². The van der Waals surface area contributed by atoms with Crippen LogP contribution in [0.5, 0.6) is 0 Å². The molecule has 0 bridgehead atoms. The van der Waals surface area contributed by atoms with Gasteiger partial charge in [-0.15, -0.1) is 11.3 Å². The topological polar surface area (TPSA) is 70.7 Å². The van der Waals surface area contributed by atoms with Crippen LogP contribution in [0.4, 0.5) is 5.69 Å². The van der Waals surface area contributed by atoms with Gasteiger partial charge in [0.25, 0.3) is 5.91 Å². The molecule has 0 spiro atoms. The van der Waals surface area contributed by atoms with E-state index in [1.807, 2.05) is 18.2 Å². The highest BCUT2D eigenvalue weighted by Gasteiger charge is 2.07. The van der Waals surface area contributed by atoms with Gasteiger partial charge in [0.2, 0.25) is 0 Å². The largest absolute Gasteiger partial charge is 0.321 e. The average Bonchev–Trinajstić information content (AvgIpc) is 2.99. The Labute approximate surface area is 101 Å². The zero-order valence-electron chi connectivity index (χ0n) is 8.68. The smallest absolute Gasteiger partial charge is 0.273 e. The van der Waals surface area contributed by atoms with E-state index in [9.17, 15) is 4.79 Å². The van der Waals surface area contributed by atoms with E-state index in [1.165, 1.54) is 0 Å². The van der Waals surface area contributed by atoms with Gasteiger partial charge in [-0.05, 0) is 24.3 Å². The molecule has 0 radical (unpaired) electrons. The van der Waals surface area contributed by atoms with Crippen LogP contribution in [0.3, 0.4) is 0 Å². The van der Waals surface area contributed by atoms with Gasteiger partial charge in [-0.25, -0.2) is 4.98 Å². The molecule has 0 unspecified atom stereocenters. The quantitative estimate of drug-likeness (QED) is 0.726. The van der Waals surface area contributed by atoms with Gasteiger partial charge < -0.3 is 5.32 Å². The maximum atomic E-state index is 11.8. The van der Waals surface area contributed by atoms with Crippen LogP contribution in [0.2, 0.25) is 0 Å². The molecule has 0 aliphatic rings. The Morgan fingerprint density at radius 3 is 3.12 bits per heavy atom. The normalized spacial score (nSPS) is 10.6. The second-order valence-electron chi connectivity index (χ2n) is 3.46. The Bertz CT molecular complexity index is 659. The summed E-state index contributed by atoms with van der Waals surface area (Å²) in [5.74, 6) is -0.202. The summed E-state index contributed by atoms with van der Waals surface area (Å²) < 4.78 is 1.05. The highest BCUT2D eigenvalue weighted by Crippen LogP contribution is 2.21. The number of hydrogen-bond donors (Lipinski definition) is 2. The number of aromatic amines is 1. The number of amides is 1. The fourth-order valence-electron chi connectivity index (χ4n) is 1.51. The first-order valence-corrected chi connectivity index (χ1v) is 5.85. The monoisotopic (exact) mass is 244 g/mol. The fraction of sp³-hybridized carbons (Fsp3) is 0. The summed E-state index contributed by atoms with van der Waals surface area (Å²) in [5.41, 5.74) is 3.91. The zero-order valence-corrected chi connectivity index (χ0v) is 9.49. The van der Waals surface area contributed by atoms with Crippen molar-refractivity contribution >= 4 is 33.1 Å². The average molecular weight is 244 g/mol. The molecule has 0 saturated carbocycles. The number of benzene rings is 1. The molecule has 0 aliphatic heterocycles. The number of aromatic nitrogens is 3. The molecule has 1 amide bonds. The number of nitrogens with zero attached hydrogens (tertiary/aromatic N) is 2. The molecule has 2 heterocycles. The third-order valence-corrected chi connectivity index (χ3v) is 3.13. The van der Waals surface area contributed by atoms with Crippen LogP contribution in [-0.2, 0) is 0 Å². The molecule has 0 saturated heterocycles. The Hall–Kier alpha value is -2.21. The van der Waals surface area contributed by atoms with E-state index in [-0.39, 0.29) is 5.91 Å². The zero-order chi connectivity index (χ0) is 11.7. The molecule has 5 nitrogen and oxygen atoms in total. The van der Waals surface area contributed by atoms with Crippen molar-refractivity contribution in [2.75, 3.05) is 5.32 Å².